The fourth-order valence-corrected chi connectivity index (χ4v) is 4.86. The molecule has 0 saturated heterocycles. The van der Waals surface area contributed by atoms with Crippen molar-refractivity contribution >= 4 is 9.84 Å². The summed E-state index contributed by atoms with van der Waals surface area (Å²) in [5.41, 5.74) is 7.77. The lowest BCUT2D eigenvalue weighted by molar-refractivity contribution is 0.556. The summed E-state index contributed by atoms with van der Waals surface area (Å²) < 4.78 is 37.5. The van der Waals surface area contributed by atoms with Crippen LogP contribution in [-0.2, 0) is 16.3 Å². The van der Waals surface area contributed by atoms with Crippen molar-refractivity contribution in [1.82, 2.24) is 0 Å². The van der Waals surface area contributed by atoms with Gasteiger partial charge in [0, 0.05) is 12.0 Å². The molecule has 0 spiro atoms. The number of halogens is 1. The highest BCUT2D eigenvalue weighted by Crippen LogP contribution is 2.36. The van der Waals surface area contributed by atoms with Crippen LogP contribution in [0.1, 0.15) is 17.0 Å². The van der Waals surface area contributed by atoms with Gasteiger partial charge in [0.15, 0.2) is 9.84 Å². The van der Waals surface area contributed by atoms with Crippen molar-refractivity contribution < 1.29 is 12.8 Å². The molecule has 2 aromatic rings. The first-order valence-electron chi connectivity index (χ1n) is 6.79. The van der Waals surface area contributed by atoms with Gasteiger partial charge in [-0.25, -0.2) is 12.8 Å². The normalized spacial score (nSPS) is 21.0. The van der Waals surface area contributed by atoms with Gasteiger partial charge in [0.2, 0.25) is 0 Å². The summed E-state index contributed by atoms with van der Waals surface area (Å²) in [5.74, 6) is -0.517. The minimum atomic E-state index is -3.25. The van der Waals surface area contributed by atoms with E-state index in [2.05, 4.69) is 0 Å². The van der Waals surface area contributed by atoms with Gasteiger partial charge in [-0.1, -0.05) is 30.3 Å². The van der Waals surface area contributed by atoms with E-state index in [1.807, 2.05) is 12.1 Å². The molecule has 21 heavy (non-hydrogen) atoms. The van der Waals surface area contributed by atoms with Crippen molar-refractivity contribution in [2.24, 2.45) is 5.73 Å². The number of hydrogen-bond donors (Lipinski definition) is 1. The van der Waals surface area contributed by atoms with Crippen molar-refractivity contribution in [3.63, 3.8) is 0 Å². The van der Waals surface area contributed by atoms with Crippen LogP contribution in [0.3, 0.4) is 0 Å². The Morgan fingerprint density at radius 3 is 2.71 bits per heavy atom. The minimum absolute atomic E-state index is 0.0306. The van der Waals surface area contributed by atoms with E-state index in [0.29, 0.717) is 11.3 Å². The lowest BCUT2D eigenvalue weighted by atomic mass is 9.90. The van der Waals surface area contributed by atoms with Gasteiger partial charge < -0.3 is 5.73 Å². The molecule has 0 amide bonds. The van der Waals surface area contributed by atoms with Crippen LogP contribution in [0.5, 0.6) is 0 Å². The highest BCUT2D eigenvalue weighted by atomic mass is 32.2. The van der Waals surface area contributed by atoms with E-state index in [1.165, 1.54) is 12.1 Å². The van der Waals surface area contributed by atoms with E-state index in [1.54, 1.807) is 24.3 Å². The van der Waals surface area contributed by atoms with Crippen molar-refractivity contribution in [2.75, 3.05) is 5.75 Å². The first-order chi connectivity index (χ1) is 9.97. The summed E-state index contributed by atoms with van der Waals surface area (Å²) >= 11 is 0. The molecule has 0 fully saturated rings. The molecular formula is C16H16FNO2S. The summed E-state index contributed by atoms with van der Waals surface area (Å²) in [4.78, 5) is 0.379. The molecule has 5 heteroatoms. The third-order valence-electron chi connectivity index (χ3n) is 3.93. The Hall–Kier alpha value is -1.72. The van der Waals surface area contributed by atoms with Crippen LogP contribution in [0.15, 0.2) is 53.4 Å². The quantitative estimate of drug-likeness (QED) is 0.946. The molecule has 2 unspecified atom stereocenters. The smallest absolute Gasteiger partial charge is 0.179 e. The maximum absolute atomic E-state index is 13.2. The van der Waals surface area contributed by atoms with Crippen molar-refractivity contribution in [3.8, 4) is 0 Å². The summed E-state index contributed by atoms with van der Waals surface area (Å²) in [7, 11) is -3.25. The van der Waals surface area contributed by atoms with Crippen LogP contribution in [0.2, 0.25) is 0 Å². The van der Waals surface area contributed by atoms with Crippen LogP contribution in [-0.4, -0.2) is 20.2 Å². The zero-order valence-electron chi connectivity index (χ0n) is 11.4. The van der Waals surface area contributed by atoms with Crippen LogP contribution >= 0.6 is 0 Å². The van der Waals surface area contributed by atoms with E-state index in [-0.39, 0.29) is 23.5 Å². The molecule has 1 aliphatic rings. The summed E-state index contributed by atoms with van der Waals surface area (Å²) in [5, 5.41) is 0. The lowest BCUT2D eigenvalue weighted by Gasteiger charge is -2.19. The summed E-state index contributed by atoms with van der Waals surface area (Å²) in [6.45, 7) is 0. The molecule has 0 bridgehead atoms. The highest BCUT2D eigenvalue weighted by molar-refractivity contribution is 7.91. The second kappa shape index (κ2) is 5.24. The van der Waals surface area contributed by atoms with Crippen molar-refractivity contribution in [2.45, 2.75) is 23.3 Å². The molecule has 0 aliphatic carbocycles. The Morgan fingerprint density at radius 2 is 1.95 bits per heavy atom. The molecular weight excluding hydrogens is 289 g/mol. The standard InChI is InChI=1S/C16H16FNO2S/c17-12-5-3-4-11(8-12)9-15(18)14-10-21(19,20)16-7-2-1-6-13(14)16/h1-8,14-15H,9-10,18H2. The number of nitrogens with two attached hydrogens (primary N) is 1. The van der Waals surface area contributed by atoms with Gasteiger partial charge in [-0.2, -0.15) is 0 Å². The van der Waals surface area contributed by atoms with E-state index in [0.717, 1.165) is 11.1 Å². The van der Waals surface area contributed by atoms with E-state index >= 15 is 0 Å². The van der Waals surface area contributed by atoms with E-state index < -0.39 is 9.84 Å². The molecule has 0 saturated carbocycles. The zero-order chi connectivity index (χ0) is 15.0. The maximum Gasteiger partial charge on any atom is 0.179 e. The number of sulfone groups is 1. The molecule has 0 aromatic heterocycles. The predicted molar refractivity (Wildman–Crippen MR) is 79.3 cm³/mol. The van der Waals surface area contributed by atoms with Gasteiger partial charge in [-0.15, -0.1) is 0 Å². The number of rotatable bonds is 3. The largest absolute Gasteiger partial charge is 0.327 e. The minimum Gasteiger partial charge on any atom is -0.327 e. The zero-order valence-corrected chi connectivity index (χ0v) is 12.2. The molecule has 1 aliphatic heterocycles. The average Bonchev–Trinajstić information content (AvgIpc) is 2.72. The molecule has 0 radical (unpaired) electrons. The van der Waals surface area contributed by atoms with Crippen molar-refractivity contribution in [1.29, 1.82) is 0 Å². The van der Waals surface area contributed by atoms with Crippen LogP contribution in [0, 0.1) is 5.82 Å². The fourth-order valence-electron chi connectivity index (χ4n) is 2.92. The molecule has 3 rings (SSSR count). The third-order valence-corrected chi connectivity index (χ3v) is 5.77. The number of fused-ring (bicyclic) bond motifs is 1. The summed E-state index contributed by atoms with van der Waals surface area (Å²) in [6, 6.07) is 12.9. The number of benzene rings is 2. The van der Waals surface area contributed by atoms with Gasteiger partial charge in [-0.3, -0.25) is 0 Å². The second-order valence-electron chi connectivity index (χ2n) is 5.42. The SMILES string of the molecule is NC(Cc1cccc(F)c1)C1CS(=O)(=O)c2ccccc21. The molecule has 3 nitrogen and oxygen atoms in total. The van der Waals surface area contributed by atoms with Crippen LogP contribution in [0.25, 0.3) is 0 Å². The Bertz CT molecular complexity index is 773. The maximum atomic E-state index is 13.2. The number of hydrogen-bond acceptors (Lipinski definition) is 3. The van der Waals surface area contributed by atoms with Gasteiger partial charge in [-0.05, 0) is 35.7 Å². The Labute approximate surface area is 123 Å². The first kappa shape index (κ1) is 14.2. The predicted octanol–water partition coefficient (Wildman–Crippen LogP) is 2.27. The highest BCUT2D eigenvalue weighted by Gasteiger charge is 2.37. The molecule has 2 atom stereocenters. The van der Waals surface area contributed by atoms with Gasteiger partial charge >= 0.3 is 0 Å². The van der Waals surface area contributed by atoms with E-state index in [9.17, 15) is 12.8 Å². The Kier molecular flexibility index (Phi) is 3.55. The van der Waals surface area contributed by atoms with Gasteiger partial charge in [0.25, 0.3) is 0 Å². The second-order valence-corrected chi connectivity index (χ2v) is 7.43. The van der Waals surface area contributed by atoms with Crippen LogP contribution in [0.4, 0.5) is 4.39 Å². The fraction of sp³-hybridized carbons (Fsp3) is 0.250. The Balaban J connectivity index is 1.88. The topological polar surface area (TPSA) is 60.2 Å². The molecule has 2 N–H and O–H groups in total. The Morgan fingerprint density at radius 1 is 1.19 bits per heavy atom. The summed E-state index contributed by atoms with van der Waals surface area (Å²) in [6.07, 6.45) is 0.451. The third kappa shape index (κ3) is 2.71. The van der Waals surface area contributed by atoms with Crippen LogP contribution < -0.4 is 5.73 Å². The average molecular weight is 305 g/mol. The van der Waals surface area contributed by atoms with Crippen molar-refractivity contribution in [3.05, 3.63) is 65.5 Å². The molecule has 2 aromatic carbocycles. The molecule has 110 valence electrons. The van der Waals surface area contributed by atoms with E-state index in [4.69, 9.17) is 5.73 Å². The van der Waals surface area contributed by atoms with Gasteiger partial charge in [0.05, 0.1) is 10.6 Å². The van der Waals surface area contributed by atoms with Gasteiger partial charge in [0.1, 0.15) is 5.82 Å². The first-order valence-corrected chi connectivity index (χ1v) is 8.44. The monoisotopic (exact) mass is 305 g/mol. The lowest BCUT2D eigenvalue weighted by Crippen LogP contribution is -2.31. The molecule has 1 heterocycles.